The molecule has 3 aliphatic rings. The van der Waals surface area contributed by atoms with Crippen molar-refractivity contribution in [1.29, 1.82) is 0 Å². The Bertz CT molecular complexity index is 1400. The van der Waals surface area contributed by atoms with Crippen LogP contribution in [0.4, 0.5) is 5.69 Å². The Labute approximate surface area is 209 Å². The summed E-state index contributed by atoms with van der Waals surface area (Å²) in [6, 6.07) is 18.9. The van der Waals surface area contributed by atoms with E-state index in [4.69, 9.17) is 16.3 Å². The molecule has 2 atom stereocenters. The van der Waals surface area contributed by atoms with Gasteiger partial charge in [-0.2, -0.15) is 0 Å². The van der Waals surface area contributed by atoms with Crippen molar-refractivity contribution in [1.82, 2.24) is 9.47 Å². The number of pyridine rings is 1. The molecule has 3 aromatic rings. The van der Waals surface area contributed by atoms with Crippen LogP contribution in [0.25, 0.3) is 11.6 Å². The number of rotatable bonds is 4. The molecule has 1 amide bonds. The lowest BCUT2D eigenvalue weighted by molar-refractivity contribution is -0.113. The Morgan fingerprint density at radius 3 is 2.66 bits per heavy atom. The molecule has 35 heavy (non-hydrogen) atoms. The number of carbonyl (C=O) groups excluding carboxylic acids is 1. The summed E-state index contributed by atoms with van der Waals surface area (Å²) in [4.78, 5) is 30.2. The number of likely N-dealkylation sites (tertiary alicyclic amines) is 1. The van der Waals surface area contributed by atoms with Crippen LogP contribution in [-0.4, -0.2) is 42.2 Å². The highest BCUT2D eigenvalue weighted by atomic mass is 35.5. The molecule has 2 aromatic carbocycles. The van der Waals surface area contributed by atoms with Gasteiger partial charge in [0, 0.05) is 53.5 Å². The Kier molecular flexibility index (Phi) is 5.50. The van der Waals surface area contributed by atoms with Gasteiger partial charge < -0.3 is 9.30 Å². The highest BCUT2D eigenvalue weighted by Gasteiger charge is 2.38. The molecule has 6 nitrogen and oxygen atoms in total. The van der Waals surface area contributed by atoms with Crippen LogP contribution in [0.15, 0.2) is 65.5 Å². The van der Waals surface area contributed by atoms with Crippen molar-refractivity contribution in [3.63, 3.8) is 0 Å². The SMILES string of the molecule is COc1ccc(C=C2C(=O)N(CN3CC4CC(C3)c3cccc(=O)n3C4)c3cc(Cl)ccc32)cc1. The van der Waals surface area contributed by atoms with Gasteiger partial charge in [0.15, 0.2) is 0 Å². The Balaban J connectivity index is 1.30. The molecule has 6 rings (SSSR count). The molecule has 0 saturated carbocycles. The molecule has 0 aliphatic carbocycles. The fraction of sp³-hybridized carbons (Fsp3) is 0.286. The topological polar surface area (TPSA) is 54.8 Å². The summed E-state index contributed by atoms with van der Waals surface area (Å²) >= 11 is 6.35. The van der Waals surface area contributed by atoms with E-state index in [0.29, 0.717) is 29.1 Å². The average Bonchev–Trinajstić information content (AvgIpc) is 3.10. The second-order valence-electron chi connectivity index (χ2n) is 9.60. The summed E-state index contributed by atoms with van der Waals surface area (Å²) in [5.41, 5.74) is 4.52. The van der Waals surface area contributed by atoms with Gasteiger partial charge in [0.2, 0.25) is 0 Å². The number of ether oxygens (including phenoxy) is 1. The zero-order chi connectivity index (χ0) is 24.1. The third-order valence-electron chi connectivity index (χ3n) is 7.34. The number of nitrogens with zero attached hydrogens (tertiary/aromatic N) is 3. The first-order chi connectivity index (χ1) is 17.0. The maximum absolute atomic E-state index is 13.7. The van der Waals surface area contributed by atoms with Gasteiger partial charge in [-0.25, -0.2) is 0 Å². The van der Waals surface area contributed by atoms with Gasteiger partial charge in [0.05, 0.1) is 19.5 Å². The summed E-state index contributed by atoms with van der Waals surface area (Å²) in [7, 11) is 1.64. The highest BCUT2D eigenvalue weighted by Crippen LogP contribution is 2.41. The van der Waals surface area contributed by atoms with Gasteiger partial charge in [-0.1, -0.05) is 35.9 Å². The van der Waals surface area contributed by atoms with E-state index < -0.39 is 0 Å². The number of fused-ring (bicyclic) bond motifs is 5. The minimum absolute atomic E-state index is 0.0227. The molecule has 2 unspecified atom stereocenters. The van der Waals surface area contributed by atoms with Crippen LogP contribution in [0.1, 0.15) is 29.2 Å². The second kappa shape index (κ2) is 8.70. The molecule has 1 saturated heterocycles. The molecule has 7 heteroatoms. The maximum Gasteiger partial charge on any atom is 0.260 e. The minimum atomic E-state index is -0.0227. The van der Waals surface area contributed by atoms with E-state index in [-0.39, 0.29) is 11.5 Å². The molecule has 2 bridgehead atoms. The van der Waals surface area contributed by atoms with Crippen molar-refractivity contribution in [2.75, 3.05) is 31.8 Å². The molecule has 3 aliphatic heterocycles. The molecular weight excluding hydrogens is 462 g/mol. The van der Waals surface area contributed by atoms with Gasteiger partial charge in [-0.3, -0.25) is 19.4 Å². The molecule has 4 heterocycles. The van der Waals surface area contributed by atoms with Gasteiger partial charge in [0.25, 0.3) is 11.5 Å². The Morgan fingerprint density at radius 2 is 1.86 bits per heavy atom. The Hall–Kier alpha value is -3.35. The van der Waals surface area contributed by atoms with Crippen molar-refractivity contribution in [3.05, 3.63) is 92.9 Å². The zero-order valence-corrected chi connectivity index (χ0v) is 20.2. The zero-order valence-electron chi connectivity index (χ0n) is 19.5. The third-order valence-corrected chi connectivity index (χ3v) is 7.58. The smallest absolute Gasteiger partial charge is 0.260 e. The van der Waals surface area contributed by atoms with Crippen molar-refractivity contribution in [2.45, 2.75) is 18.9 Å². The molecule has 1 fully saturated rings. The normalized spacial score (nSPS) is 22.3. The number of halogens is 1. The summed E-state index contributed by atoms with van der Waals surface area (Å²) in [6.45, 7) is 2.91. The van der Waals surface area contributed by atoms with E-state index in [1.807, 2.05) is 64.1 Å². The number of carbonyl (C=O) groups is 1. The lowest BCUT2D eigenvalue weighted by Gasteiger charge is -2.43. The minimum Gasteiger partial charge on any atom is -0.497 e. The van der Waals surface area contributed by atoms with Crippen LogP contribution in [0, 0.1) is 5.92 Å². The van der Waals surface area contributed by atoms with Crippen LogP contribution >= 0.6 is 11.6 Å². The summed E-state index contributed by atoms with van der Waals surface area (Å²) < 4.78 is 7.19. The van der Waals surface area contributed by atoms with E-state index in [0.717, 1.165) is 54.3 Å². The highest BCUT2D eigenvalue weighted by molar-refractivity contribution is 6.37. The molecule has 0 N–H and O–H groups in total. The Morgan fingerprint density at radius 1 is 1.03 bits per heavy atom. The maximum atomic E-state index is 13.7. The number of anilines is 1. The van der Waals surface area contributed by atoms with E-state index in [1.165, 1.54) is 0 Å². The van der Waals surface area contributed by atoms with Crippen molar-refractivity contribution in [3.8, 4) is 5.75 Å². The quantitative estimate of drug-likeness (QED) is 0.509. The lowest BCUT2D eigenvalue weighted by Crippen LogP contribution is -2.50. The summed E-state index contributed by atoms with van der Waals surface area (Å²) in [6.07, 6.45) is 3.01. The van der Waals surface area contributed by atoms with Crippen LogP contribution in [0.3, 0.4) is 0 Å². The van der Waals surface area contributed by atoms with Gasteiger partial charge in [0.1, 0.15) is 5.75 Å². The fourth-order valence-electron chi connectivity index (χ4n) is 5.78. The predicted octanol–water partition coefficient (Wildman–Crippen LogP) is 4.47. The monoisotopic (exact) mass is 487 g/mol. The molecule has 0 radical (unpaired) electrons. The number of aromatic nitrogens is 1. The van der Waals surface area contributed by atoms with E-state index in [9.17, 15) is 9.59 Å². The van der Waals surface area contributed by atoms with Gasteiger partial charge in [-0.05, 0) is 54.3 Å². The van der Waals surface area contributed by atoms with Crippen LogP contribution in [0.2, 0.25) is 5.02 Å². The number of methoxy groups -OCH3 is 1. The standard InChI is InChI=1S/C28H26ClN3O3/c1-35-22-8-5-18(6-9-22)12-24-23-10-7-21(29)13-26(23)32(28(24)34)17-30-14-19-11-20(16-30)25-3-2-4-27(33)31(25)15-19/h2-10,12-13,19-20H,11,14-17H2,1H3. The number of hydrogen-bond donors (Lipinski definition) is 0. The van der Waals surface area contributed by atoms with E-state index in [1.54, 1.807) is 13.2 Å². The fourth-order valence-corrected chi connectivity index (χ4v) is 5.95. The number of hydrogen-bond acceptors (Lipinski definition) is 4. The second-order valence-corrected chi connectivity index (χ2v) is 10.0. The van der Waals surface area contributed by atoms with E-state index >= 15 is 0 Å². The lowest BCUT2D eigenvalue weighted by atomic mass is 9.83. The third kappa shape index (κ3) is 3.97. The molecule has 178 valence electrons. The van der Waals surface area contributed by atoms with Crippen molar-refractivity contribution in [2.24, 2.45) is 5.92 Å². The average molecular weight is 488 g/mol. The summed E-state index contributed by atoms with van der Waals surface area (Å²) in [5, 5.41) is 0.607. The van der Waals surface area contributed by atoms with Gasteiger partial charge in [-0.15, -0.1) is 0 Å². The first-order valence-corrected chi connectivity index (χ1v) is 12.3. The van der Waals surface area contributed by atoms with Crippen LogP contribution < -0.4 is 15.2 Å². The first-order valence-electron chi connectivity index (χ1n) is 11.9. The molecular formula is C28H26ClN3O3. The van der Waals surface area contributed by atoms with Gasteiger partial charge >= 0.3 is 0 Å². The van der Waals surface area contributed by atoms with E-state index in [2.05, 4.69) is 11.0 Å². The molecule has 0 spiro atoms. The number of benzene rings is 2. The molecule has 1 aromatic heterocycles. The van der Waals surface area contributed by atoms with Crippen molar-refractivity contribution < 1.29 is 9.53 Å². The predicted molar refractivity (Wildman–Crippen MR) is 138 cm³/mol. The summed E-state index contributed by atoms with van der Waals surface area (Å²) in [5.74, 6) is 1.44. The van der Waals surface area contributed by atoms with Crippen LogP contribution in [0.5, 0.6) is 5.75 Å². The number of piperidine rings is 1. The number of amides is 1. The van der Waals surface area contributed by atoms with Crippen LogP contribution in [-0.2, 0) is 11.3 Å². The first kappa shape index (κ1) is 22.1. The van der Waals surface area contributed by atoms with Crippen molar-refractivity contribution >= 4 is 34.8 Å². The largest absolute Gasteiger partial charge is 0.497 e.